The molecule has 146 valence electrons. The fourth-order valence-electron chi connectivity index (χ4n) is 3.59. The van der Waals surface area contributed by atoms with Crippen molar-refractivity contribution in [3.8, 4) is 21.1 Å². The predicted molar refractivity (Wildman–Crippen MR) is 109 cm³/mol. The Bertz CT molecular complexity index is 1100. The van der Waals surface area contributed by atoms with Gasteiger partial charge in [-0.3, -0.25) is 10.1 Å². The summed E-state index contributed by atoms with van der Waals surface area (Å²) in [6, 6.07) is 6.87. The average Bonchev–Trinajstić information content (AvgIpc) is 3.41. The van der Waals surface area contributed by atoms with Gasteiger partial charge in [0.25, 0.3) is 0 Å². The zero-order chi connectivity index (χ0) is 19.7. The van der Waals surface area contributed by atoms with Crippen LogP contribution in [0.5, 0.6) is 0 Å². The second-order valence-corrected chi connectivity index (χ2v) is 8.17. The lowest BCUT2D eigenvalue weighted by molar-refractivity contribution is 0.243. The summed E-state index contributed by atoms with van der Waals surface area (Å²) in [4.78, 5) is 9.75. The Labute approximate surface area is 170 Å². The number of hydrogen-bond donors (Lipinski definition) is 2. The minimum atomic E-state index is -0.277. The summed E-state index contributed by atoms with van der Waals surface area (Å²) in [7, 11) is 0. The molecule has 7 nitrogen and oxygen atoms in total. The van der Waals surface area contributed by atoms with E-state index in [0.717, 1.165) is 34.7 Å². The first-order chi connectivity index (χ1) is 14.2. The summed E-state index contributed by atoms with van der Waals surface area (Å²) in [6.45, 7) is 0.580. The van der Waals surface area contributed by atoms with E-state index in [9.17, 15) is 4.39 Å². The first-order valence-corrected chi connectivity index (χ1v) is 10.2. The molecule has 0 aliphatic heterocycles. The largest absolute Gasteiger partial charge is 0.368 e. The number of pyridine rings is 1. The lowest BCUT2D eigenvalue weighted by atomic mass is 9.66. The highest BCUT2D eigenvalue weighted by Crippen LogP contribution is 2.43. The molecule has 4 aromatic heterocycles. The van der Waals surface area contributed by atoms with Gasteiger partial charge in [-0.15, -0.1) is 21.5 Å². The Hall–Kier alpha value is -3.20. The Kier molecular flexibility index (Phi) is 4.51. The van der Waals surface area contributed by atoms with Crippen molar-refractivity contribution in [1.29, 1.82) is 0 Å². The van der Waals surface area contributed by atoms with Gasteiger partial charge in [-0.1, -0.05) is 6.42 Å². The molecule has 2 N–H and O–H groups in total. The molecule has 1 fully saturated rings. The summed E-state index contributed by atoms with van der Waals surface area (Å²) in [5.74, 6) is 0.413. The van der Waals surface area contributed by atoms with Crippen molar-refractivity contribution < 1.29 is 4.39 Å². The lowest BCUT2D eigenvalue weighted by Gasteiger charge is -2.41. The molecule has 0 spiro atoms. The molecule has 9 heteroatoms. The van der Waals surface area contributed by atoms with E-state index in [2.05, 4.69) is 35.7 Å². The van der Waals surface area contributed by atoms with Gasteiger partial charge in [-0.2, -0.15) is 5.10 Å². The highest BCUT2D eigenvalue weighted by molar-refractivity contribution is 7.18. The van der Waals surface area contributed by atoms with E-state index in [1.54, 1.807) is 24.7 Å². The molecule has 29 heavy (non-hydrogen) atoms. The molecule has 1 aliphatic carbocycles. The molecule has 0 bridgehead atoms. The van der Waals surface area contributed by atoms with Gasteiger partial charge in [0.1, 0.15) is 22.3 Å². The molecular formula is C20H18FN7S. The molecule has 4 heterocycles. The fourth-order valence-corrected chi connectivity index (χ4v) is 4.45. The molecule has 0 unspecified atom stereocenters. The summed E-state index contributed by atoms with van der Waals surface area (Å²) in [6.07, 6.45) is 9.95. The van der Waals surface area contributed by atoms with Crippen LogP contribution < -0.4 is 5.32 Å². The molecule has 5 rings (SSSR count). The van der Waals surface area contributed by atoms with Crippen LogP contribution in [-0.2, 0) is 5.41 Å². The van der Waals surface area contributed by atoms with Gasteiger partial charge in [-0.25, -0.2) is 9.37 Å². The van der Waals surface area contributed by atoms with E-state index in [0.29, 0.717) is 23.8 Å². The molecule has 0 amide bonds. The molecule has 1 aliphatic rings. The van der Waals surface area contributed by atoms with Crippen molar-refractivity contribution in [3.05, 3.63) is 60.6 Å². The minimum absolute atomic E-state index is 0.243. The number of aromatic amines is 1. The standard InChI is InChI=1S/C20H18FN7S/c21-14-3-1-8-22-18(14)20(6-2-7-20)12-24-17-5-4-15(27-28-17)19-23-11-16(29-19)13-9-25-26-10-13/h1,3-5,8-11H,2,6-7,12H2,(H,24,28)(H,25,26). The number of anilines is 1. The topological polar surface area (TPSA) is 92.3 Å². The zero-order valence-electron chi connectivity index (χ0n) is 15.5. The molecular weight excluding hydrogens is 389 g/mol. The second kappa shape index (κ2) is 7.32. The van der Waals surface area contributed by atoms with Crippen molar-refractivity contribution in [2.24, 2.45) is 0 Å². The number of halogens is 1. The molecule has 0 atom stereocenters. The number of H-pyrrole nitrogens is 1. The van der Waals surface area contributed by atoms with Gasteiger partial charge >= 0.3 is 0 Å². The Morgan fingerprint density at radius 3 is 2.76 bits per heavy atom. The van der Waals surface area contributed by atoms with Crippen molar-refractivity contribution >= 4 is 17.2 Å². The quantitative estimate of drug-likeness (QED) is 0.501. The van der Waals surface area contributed by atoms with E-state index < -0.39 is 0 Å². The van der Waals surface area contributed by atoms with Gasteiger partial charge in [-0.05, 0) is 37.1 Å². The highest BCUT2D eigenvalue weighted by atomic mass is 32.1. The first kappa shape index (κ1) is 17.9. The Balaban J connectivity index is 1.29. The van der Waals surface area contributed by atoms with E-state index >= 15 is 0 Å². The Morgan fingerprint density at radius 2 is 2.07 bits per heavy atom. The van der Waals surface area contributed by atoms with Crippen LogP contribution in [0.3, 0.4) is 0 Å². The second-order valence-electron chi connectivity index (χ2n) is 7.14. The average molecular weight is 407 g/mol. The lowest BCUT2D eigenvalue weighted by Crippen LogP contribution is -2.42. The number of rotatable bonds is 6. The number of thiazole rings is 1. The molecule has 4 aromatic rings. The van der Waals surface area contributed by atoms with Crippen LogP contribution in [0.4, 0.5) is 10.2 Å². The van der Waals surface area contributed by atoms with Crippen molar-refractivity contribution in [2.75, 3.05) is 11.9 Å². The smallest absolute Gasteiger partial charge is 0.148 e. The zero-order valence-corrected chi connectivity index (χ0v) is 16.3. The predicted octanol–water partition coefficient (Wildman–Crippen LogP) is 4.06. The number of nitrogens with one attached hydrogen (secondary N) is 2. The van der Waals surface area contributed by atoms with E-state index in [1.165, 1.54) is 17.4 Å². The van der Waals surface area contributed by atoms with Crippen LogP contribution in [0.2, 0.25) is 0 Å². The highest BCUT2D eigenvalue weighted by Gasteiger charge is 2.41. The Morgan fingerprint density at radius 1 is 1.14 bits per heavy atom. The van der Waals surface area contributed by atoms with Crippen LogP contribution in [-0.4, -0.2) is 36.9 Å². The van der Waals surface area contributed by atoms with Crippen LogP contribution in [0.1, 0.15) is 25.0 Å². The summed E-state index contributed by atoms with van der Waals surface area (Å²) in [5, 5.41) is 19.4. The monoisotopic (exact) mass is 407 g/mol. The van der Waals surface area contributed by atoms with E-state index in [1.807, 2.05) is 18.3 Å². The maximum absolute atomic E-state index is 14.2. The third-order valence-corrected chi connectivity index (χ3v) is 6.42. The van der Waals surface area contributed by atoms with Gasteiger partial charge < -0.3 is 5.32 Å². The first-order valence-electron chi connectivity index (χ1n) is 9.37. The molecule has 1 saturated carbocycles. The maximum Gasteiger partial charge on any atom is 0.148 e. The van der Waals surface area contributed by atoms with E-state index in [-0.39, 0.29) is 11.2 Å². The SMILES string of the molecule is Fc1cccnc1C1(CNc2ccc(-c3ncc(-c4cn[nH]c4)s3)nn2)CCC1. The normalized spacial score (nSPS) is 15.1. The maximum atomic E-state index is 14.2. The van der Waals surface area contributed by atoms with Crippen molar-refractivity contribution in [3.63, 3.8) is 0 Å². The summed E-state index contributed by atoms with van der Waals surface area (Å²) >= 11 is 1.53. The third-order valence-electron chi connectivity index (χ3n) is 5.35. The van der Waals surface area contributed by atoms with Gasteiger partial charge in [0.15, 0.2) is 0 Å². The van der Waals surface area contributed by atoms with Crippen LogP contribution in [0, 0.1) is 5.82 Å². The van der Waals surface area contributed by atoms with Gasteiger partial charge in [0.05, 0.1) is 16.8 Å². The van der Waals surface area contributed by atoms with Crippen LogP contribution >= 0.6 is 11.3 Å². The van der Waals surface area contributed by atoms with Gasteiger partial charge in [0.2, 0.25) is 0 Å². The molecule has 0 radical (unpaired) electrons. The fraction of sp³-hybridized carbons (Fsp3) is 0.250. The molecule has 0 aromatic carbocycles. The summed E-state index contributed by atoms with van der Waals surface area (Å²) < 4.78 is 14.2. The van der Waals surface area contributed by atoms with Crippen LogP contribution in [0.25, 0.3) is 21.1 Å². The van der Waals surface area contributed by atoms with Crippen molar-refractivity contribution in [1.82, 2.24) is 30.4 Å². The van der Waals surface area contributed by atoms with Crippen LogP contribution in [0.15, 0.2) is 49.1 Å². The summed E-state index contributed by atoms with van der Waals surface area (Å²) in [5.41, 5.74) is 1.97. The van der Waals surface area contributed by atoms with E-state index in [4.69, 9.17) is 0 Å². The number of nitrogens with zero attached hydrogens (tertiary/aromatic N) is 5. The van der Waals surface area contributed by atoms with Gasteiger partial charge in [0, 0.05) is 36.1 Å². The van der Waals surface area contributed by atoms with Crippen molar-refractivity contribution in [2.45, 2.75) is 24.7 Å². The number of hydrogen-bond acceptors (Lipinski definition) is 7. The third kappa shape index (κ3) is 3.38. The molecule has 0 saturated heterocycles. The number of aromatic nitrogens is 6. The minimum Gasteiger partial charge on any atom is -0.368 e.